The molecule has 1 aromatic heterocycles. The van der Waals surface area contributed by atoms with Crippen LogP contribution in [-0.4, -0.2) is 34.0 Å². The lowest BCUT2D eigenvalue weighted by Gasteiger charge is -2.25. The molecule has 1 heterocycles. The van der Waals surface area contributed by atoms with Gasteiger partial charge in [0.05, 0.1) is 26.0 Å². The Kier molecular flexibility index (Phi) is 6.53. The fourth-order valence-corrected chi connectivity index (χ4v) is 4.23. The van der Waals surface area contributed by atoms with Crippen molar-refractivity contribution in [2.24, 2.45) is 0 Å². The number of amides is 1. The lowest BCUT2D eigenvalue weighted by atomic mass is 10.1. The number of para-hydroxylation sites is 1. The van der Waals surface area contributed by atoms with Crippen molar-refractivity contribution in [3.63, 3.8) is 0 Å². The van der Waals surface area contributed by atoms with E-state index in [1.807, 2.05) is 59.7 Å². The van der Waals surface area contributed by atoms with Crippen LogP contribution in [0.25, 0.3) is 0 Å². The summed E-state index contributed by atoms with van der Waals surface area (Å²) in [6, 6.07) is 13.7. The first-order chi connectivity index (χ1) is 15.1. The van der Waals surface area contributed by atoms with Crippen molar-refractivity contribution in [3.8, 4) is 11.5 Å². The summed E-state index contributed by atoms with van der Waals surface area (Å²) in [7, 11) is 1.61. The van der Waals surface area contributed by atoms with Gasteiger partial charge in [0.2, 0.25) is 0 Å². The quantitative estimate of drug-likeness (QED) is 0.538. The van der Waals surface area contributed by atoms with Crippen LogP contribution in [0, 0.1) is 6.92 Å². The van der Waals surface area contributed by atoms with Gasteiger partial charge in [0.25, 0.3) is 5.91 Å². The Labute approximate surface area is 186 Å². The average molecular weight is 439 g/mol. The number of nitrogens with zero attached hydrogens (tertiary/aromatic N) is 2. The van der Waals surface area contributed by atoms with E-state index in [2.05, 4.69) is 4.98 Å². The Morgan fingerprint density at radius 1 is 1.23 bits per heavy atom. The zero-order chi connectivity index (χ0) is 21.8. The molecule has 1 saturated carbocycles. The molecule has 7 heteroatoms. The summed E-state index contributed by atoms with van der Waals surface area (Å²) in [6.07, 6.45) is 2.03. The summed E-state index contributed by atoms with van der Waals surface area (Å²) in [5.74, 6) is 1.28. The Morgan fingerprint density at radius 2 is 2.03 bits per heavy atom. The topological polar surface area (TPSA) is 71.9 Å². The van der Waals surface area contributed by atoms with Gasteiger partial charge in [-0.25, -0.2) is 4.98 Å². The molecule has 0 unspecified atom stereocenters. The average Bonchev–Trinajstić information content (AvgIpc) is 3.53. The molecule has 4 rings (SSSR count). The van der Waals surface area contributed by atoms with Gasteiger partial charge in [0, 0.05) is 22.5 Å². The zero-order valence-corrected chi connectivity index (χ0v) is 18.5. The highest BCUT2D eigenvalue weighted by Gasteiger charge is 2.34. The van der Waals surface area contributed by atoms with Crippen molar-refractivity contribution >= 4 is 17.2 Å². The standard InChI is InChI=1S/C24H26N2O4S/c1-16-6-3-4-8-20(16)24(28)26(19-10-11-19)12-17-7-5-9-21(29-2)23(17)30-14-22-25-18(13-27)15-31-22/h3-9,15,19,27H,10-14H2,1-2H3. The Balaban J connectivity index is 1.59. The van der Waals surface area contributed by atoms with Gasteiger partial charge in [-0.2, -0.15) is 0 Å². The number of benzene rings is 2. The molecule has 1 aliphatic rings. The van der Waals surface area contributed by atoms with Crippen LogP contribution in [-0.2, 0) is 19.8 Å². The van der Waals surface area contributed by atoms with Gasteiger partial charge >= 0.3 is 0 Å². The number of rotatable bonds is 9. The third-order valence-corrected chi connectivity index (χ3v) is 6.22. The van der Waals surface area contributed by atoms with Crippen LogP contribution < -0.4 is 9.47 Å². The fraction of sp³-hybridized carbons (Fsp3) is 0.333. The predicted molar refractivity (Wildman–Crippen MR) is 119 cm³/mol. The summed E-state index contributed by atoms with van der Waals surface area (Å²) in [4.78, 5) is 19.6. The van der Waals surface area contributed by atoms with Gasteiger partial charge in [-0.15, -0.1) is 11.3 Å². The van der Waals surface area contributed by atoms with Crippen LogP contribution in [0.3, 0.4) is 0 Å². The van der Waals surface area contributed by atoms with E-state index in [0.717, 1.165) is 34.5 Å². The van der Waals surface area contributed by atoms with Crippen molar-refractivity contribution in [3.05, 3.63) is 75.2 Å². The number of aliphatic hydroxyl groups excluding tert-OH is 1. The smallest absolute Gasteiger partial charge is 0.254 e. The molecule has 0 spiro atoms. The Bertz CT molecular complexity index is 1060. The predicted octanol–water partition coefficient (Wildman–Crippen LogP) is 4.34. The van der Waals surface area contributed by atoms with Crippen LogP contribution in [0.5, 0.6) is 11.5 Å². The monoisotopic (exact) mass is 438 g/mol. The maximum Gasteiger partial charge on any atom is 0.254 e. The molecule has 1 aliphatic carbocycles. The summed E-state index contributed by atoms with van der Waals surface area (Å²) in [6.45, 7) is 2.60. The van der Waals surface area contributed by atoms with E-state index in [4.69, 9.17) is 9.47 Å². The number of methoxy groups -OCH3 is 1. The fourth-order valence-electron chi connectivity index (χ4n) is 3.54. The molecule has 162 valence electrons. The number of hydrogen-bond donors (Lipinski definition) is 1. The molecule has 0 bridgehead atoms. The number of aromatic nitrogens is 1. The lowest BCUT2D eigenvalue weighted by molar-refractivity contribution is 0.0727. The minimum absolute atomic E-state index is 0.0434. The van der Waals surface area contributed by atoms with Crippen molar-refractivity contribution in [2.75, 3.05) is 7.11 Å². The number of ether oxygens (including phenoxy) is 2. The Hall–Kier alpha value is -2.90. The SMILES string of the molecule is COc1cccc(CN(C(=O)c2ccccc2C)C2CC2)c1OCc1nc(CO)cs1. The molecule has 0 radical (unpaired) electrons. The third kappa shape index (κ3) is 4.89. The molecule has 1 fully saturated rings. The van der Waals surface area contributed by atoms with Crippen LogP contribution in [0.2, 0.25) is 0 Å². The molecule has 0 atom stereocenters. The number of hydrogen-bond acceptors (Lipinski definition) is 6. The van der Waals surface area contributed by atoms with Crippen molar-refractivity contribution < 1.29 is 19.4 Å². The van der Waals surface area contributed by atoms with E-state index >= 15 is 0 Å². The van der Waals surface area contributed by atoms with Crippen molar-refractivity contribution in [1.29, 1.82) is 0 Å². The summed E-state index contributed by atoms with van der Waals surface area (Å²) >= 11 is 1.44. The second-order valence-electron chi connectivity index (χ2n) is 7.61. The van der Waals surface area contributed by atoms with E-state index < -0.39 is 0 Å². The largest absolute Gasteiger partial charge is 0.493 e. The van der Waals surface area contributed by atoms with E-state index in [-0.39, 0.29) is 25.2 Å². The minimum Gasteiger partial charge on any atom is -0.493 e. The van der Waals surface area contributed by atoms with Gasteiger partial charge in [-0.05, 0) is 37.5 Å². The summed E-state index contributed by atoms with van der Waals surface area (Å²) in [5, 5.41) is 11.8. The van der Waals surface area contributed by atoms with E-state index in [0.29, 0.717) is 23.7 Å². The molecule has 3 aromatic rings. The number of thiazole rings is 1. The number of carbonyl (C=O) groups is 1. The van der Waals surface area contributed by atoms with Crippen LogP contribution in [0.4, 0.5) is 0 Å². The zero-order valence-electron chi connectivity index (χ0n) is 17.7. The lowest BCUT2D eigenvalue weighted by Crippen LogP contribution is -2.33. The first-order valence-electron chi connectivity index (χ1n) is 10.3. The molecule has 1 N–H and O–H groups in total. The minimum atomic E-state index is -0.0895. The van der Waals surface area contributed by atoms with Crippen molar-refractivity contribution in [1.82, 2.24) is 9.88 Å². The van der Waals surface area contributed by atoms with Gasteiger partial charge < -0.3 is 19.5 Å². The maximum absolute atomic E-state index is 13.4. The molecular formula is C24H26N2O4S. The molecule has 0 saturated heterocycles. The Morgan fingerprint density at radius 3 is 2.71 bits per heavy atom. The van der Waals surface area contributed by atoms with E-state index in [1.54, 1.807) is 7.11 Å². The highest BCUT2D eigenvalue weighted by molar-refractivity contribution is 7.09. The third-order valence-electron chi connectivity index (χ3n) is 5.35. The first-order valence-corrected chi connectivity index (χ1v) is 11.2. The molecule has 1 amide bonds. The molecule has 2 aromatic carbocycles. The van der Waals surface area contributed by atoms with Gasteiger partial charge in [-0.3, -0.25) is 4.79 Å². The second kappa shape index (κ2) is 9.49. The highest BCUT2D eigenvalue weighted by atomic mass is 32.1. The van der Waals surface area contributed by atoms with E-state index in [9.17, 15) is 9.90 Å². The van der Waals surface area contributed by atoms with Gasteiger partial charge in [0.15, 0.2) is 11.5 Å². The van der Waals surface area contributed by atoms with Crippen LogP contribution >= 0.6 is 11.3 Å². The van der Waals surface area contributed by atoms with Crippen LogP contribution in [0.1, 0.15) is 45.0 Å². The molecule has 0 aliphatic heterocycles. The van der Waals surface area contributed by atoms with Gasteiger partial charge in [-0.1, -0.05) is 30.3 Å². The van der Waals surface area contributed by atoms with E-state index in [1.165, 1.54) is 11.3 Å². The van der Waals surface area contributed by atoms with Crippen LogP contribution in [0.15, 0.2) is 47.8 Å². The summed E-state index contributed by atoms with van der Waals surface area (Å²) < 4.78 is 11.7. The number of carbonyl (C=O) groups excluding carboxylic acids is 1. The first kappa shape index (κ1) is 21.3. The molecular weight excluding hydrogens is 412 g/mol. The number of aryl methyl sites for hydroxylation is 1. The highest BCUT2D eigenvalue weighted by Crippen LogP contribution is 2.36. The van der Waals surface area contributed by atoms with Gasteiger partial charge in [0.1, 0.15) is 11.6 Å². The maximum atomic E-state index is 13.4. The second-order valence-corrected chi connectivity index (χ2v) is 8.55. The van der Waals surface area contributed by atoms with Crippen molar-refractivity contribution in [2.45, 2.75) is 45.6 Å². The molecule has 6 nitrogen and oxygen atoms in total. The number of aliphatic hydroxyl groups is 1. The molecule has 31 heavy (non-hydrogen) atoms. The normalized spacial score (nSPS) is 13.1. The summed E-state index contributed by atoms with van der Waals surface area (Å²) in [5.41, 5.74) is 3.24.